The van der Waals surface area contributed by atoms with E-state index in [-0.39, 0.29) is 34.8 Å². The molecule has 29 heavy (non-hydrogen) atoms. The fraction of sp³-hybridized carbons (Fsp3) is 0.278. The van der Waals surface area contributed by atoms with E-state index in [0.717, 1.165) is 12.8 Å². The second-order valence-electron chi connectivity index (χ2n) is 6.61. The molecule has 1 amide bonds. The molecule has 0 aliphatic carbocycles. The van der Waals surface area contributed by atoms with Gasteiger partial charge in [0.25, 0.3) is 5.89 Å². The van der Waals surface area contributed by atoms with Gasteiger partial charge in [-0.1, -0.05) is 12.1 Å². The molecule has 2 aromatic heterocycles. The van der Waals surface area contributed by atoms with Crippen LogP contribution >= 0.6 is 0 Å². The van der Waals surface area contributed by atoms with Gasteiger partial charge in [-0.05, 0) is 36.6 Å². The Kier molecular flexibility index (Phi) is 5.16. The van der Waals surface area contributed by atoms with Crippen molar-refractivity contribution < 1.29 is 22.0 Å². The van der Waals surface area contributed by atoms with E-state index < -0.39 is 15.8 Å². The summed E-state index contributed by atoms with van der Waals surface area (Å²) in [5, 5.41) is 7.60. The van der Waals surface area contributed by atoms with Crippen LogP contribution in [0.15, 0.2) is 45.8 Å². The van der Waals surface area contributed by atoms with E-state index in [1.54, 1.807) is 4.90 Å². The summed E-state index contributed by atoms with van der Waals surface area (Å²) >= 11 is 0. The number of likely N-dealkylation sites (tertiary alicyclic amines) is 1. The Morgan fingerprint density at radius 3 is 2.66 bits per heavy atom. The minimum Gasteiger partial charge on any atom is -0.411 e. The molecule has 1 aromatic carbocycles. The molecule has 3 aromatic rings. The number of sulfonamides is 1. The number of H-pyrrole nitrogens is 1. The molecule has 0 saturated carbocycles. The third-order valence-corrected chi connectivity index (χ3v) is 5.96. The Morgan fingerprint density at radius 2 is 1.93 bits per heavy atom. The first-order valence-electron chi connectivity index (χ1n) is 8.98. The zero-order chi connectivity index (χ0) is 20.4. The van der Waals surface area contributed by atoms with Crippen LogP contribution in [0.5, 0.6) is 0 Å². The number of aromatic nitrogens is 3. The largest absolute Gasteiger partial charge is 0.411 e. The van der Waals surface area contributed by atoms with E-state index in [2.05, 4.69) is 19.9 Å². The molecule has 152 valence electrons. The predicted octanol–water partition coefficient (Wildman–Crippen LogP) is 1.92. The molecule has 2 N–H and O–H groups in total. The lowest BCUT2D eigenvalue weighted by Gasteiger charge is -2.11. The molecule has 0 bridgehead atoms. The van der Waals surface area contributed by atoms with Crippen molar-refractivity contribution in [3.05, 3.63) is 53.8 Å². The van der Waals surface area contributed by atoms with Crippen LogP contribution < -0.4 is 4.72 Å². The van der Waals surface area contributed by atoms with Crippen molar-refractivity contribution in [3.8, 4) is 11.6 Å². The number of hydrogen-bond acceptors (Lipinski definition) is 6. The smallest absolute Gasteiger partial charge is 0.311 e. The highest BCUT2D eigenvalue weighted by atomic mass is 32.2. The Labute approximate surface area is 166 Å². The number of nitrogens with zero attached hydrogens (tertiary/aromatic N) is 3. The molecule has 0 spiro atoms. The normalized spacial score (nSPS) is 14.4. The lowest BCUT2D eigenvalue weighted by molar-refractivity contribution is 0.0754. The van der Waals surface area contributed by atoms with Crippen molar-refractivity contribution in [2.45, 2.75) is 24.3 Å². The van der Waals surface area contributed by atoms with Gasteiger partial charge in [-0.3, -0.25) is 4.79 Å². The Balaban J connectivity index is 1.46. The number of benzene rings is 1. The quantitative estimate of drug-likeness (QED) is 0.630. The highest BCUT2D eigenvalue weighted by Crippen LogP contribution is 2.22. The third kappa shape index (κ3) is 4.20. The number of amides is 1. The summed E-state index contributed by atoms with van der Waals surface area (Å²) in [6.07, 6.45) is 3.17. The summed E-state index contributed by atoms with van der Waals surface area (Å²) < 4.78 is 45.7. The van der Waals surface area contributed by atoms with Crippen LogP contribution in [0.25, 0.3) is 11.6 Å². The summed E-state index contributed by atoms with van der Waals surface area (Å²) in [7, 11) is -3.82. The predicted molar refractivity (Wildman–Crippen MR) is 99.6 cm³/mol. The summed E-state index contributed by atoms with van der Waals surface area (Å²) in [6.45, 7) is 1.32. The number of halogens is 1. The molecule has 1 aliphatic heterocycles. The van der Waals surface area contributed by atoms with Crippen molar-refractivity contribution in [1.29, 1.82) is 0 Å². The van der Waals surface area contributed by atoms with Crippen LogP contribution in [0.3, 0.4) is 0 Å². The molecule has 9 nitrogen and oxygen atoms in total. The molecule has 3 heterocycles. The second kappa shape index (κ2) is 7.76. The number of hydrogen-bond donors (Lipinski definition) is 2. The first-order chi connectivity index (χ1) is 13.9. The van der Waals surface area contributed by atoms with Crippen LogP contribution in [-0.4, -0.2) is 47.5 Å². The summed E-state index contributed by atoms with van der Waals surface area (Å²) in [6, 6.07) is 6.85. The highest BCUT2D eigenvalue weighted by Gasteiger charge is 2.25. The molecular weight excluding hydrogens is 401 g/mol. The van der Waals surface area contributed by atoms with E-state index in [1.807, 2.05) is 0 Å². The SMILES string of the molecule is O=C(c1nnc(-c2cc(S(=O)(=O)NCc3ccc(F)cc3)c[nH]2)o1)N1CCCC1. The second-order valence-corrected chi connectivity index (χ2v) is 8.38. The molecule has 0 radical (unpaired) electrons. The van der Waals surface area contributed by atoms with E-state index in [0.29, 0.717) is 18.7 Å². The third-order valence-electron chi connectivity index (χ3n) is 4.58. The van der Waals surface area contributed by atoms with Crippen LogP contribution in [0.2, 0.25) is 0 Å². The average molecular weight is 419 g/mol. The summed E-state index contributed by atoms with van der Waals surface area (Å²) in [5.74, 6) is -0.835. The van der Waals surface area contributed by atoms with Gasteiger partial charge in [-0.15, -0.1) is 10.2 Å². The highest BCUT2D eigenvalue weighted by molar-refractivity contribution is 7.89. The maximum absolute atomic E-state index is 12.9. The zero-order valence-corrected chi connectivity index (χ0v) is 16.1. The van der Waals surface area contributed by atoms with Gasteiger partial charge in [0.15, 0.2) is 0 Å². The number of carbonyl (C=O) groups is 1. The average Bonchev–Trinajstić information content (AvgIpc) is 3.48. The van der Waals surface area contributed by atoms with Gasteiger partial charge < -0.3 is 14.3 Å². The molecule has 0 unspecified atom stereocenters. The molecule has 1 aliphatic rings. The number of carbonyl (C=O) groups excluding carboxylic acids is 1. The standard InChI is InChI=1S/C18H18FN5O4S/c19-13-5-3-12(4-6-13)10-21-29(26,27)14-9-15(20-11-14)16-22-23-17(28-16)18(25)24-7-1-2-8-24/h3-6,9,11,20-21H,1-2,7-8,10H2. The molecule has 1 saturated heterocycles. The minimum atomic E-state index is -3.82. The first kappa shape index (κ1) is 19.3. The number of aromatic amines is 1. The summed E-state index contributed by atoms with van der Waals surface area (Å²) in [4.78, 5) is 16.7. The van der Waals surface area contributed by atoms with Crippen molar-refractivity contribution in [3.63, 3.8) is 0 Å². The maximum atomic E-state index is 12.9. The van der Waals surface area contributed by atoms with Gasteiger partial charge in [-0.25, -0.2) is 17.5 Å². The Hall–Kier alpha value is -3.05. The van der Waals surface area contributed by atoms with E-state index >= 15 is 0 Å². The van der Waals surface area contributed by atoms with Gasteiger partial charge in [0.2, 0.25) is 10.0 Å². The maximum Gasteiger partial charge on any atom is 0.311 e. The van der Waals surface area contributed by atoms with Crippen LogP contribution in [0, 0.1) is 5.82 Å². The fourth-order valence-electron chi connectivity index (χ4n) is 2.99. The number of nitrogens with one attached hydrogen (secondary N) is 2. The van der Waals surface area contributed by atoms with Crippen LogP contribution in [0.1, 0.15) is 29.1 Å². The van der Waals surface area contributed by atoms with E-state index in [9.17, 15) is 17.6 Å². The lowest BCUT2D eigenvalue weighted by atomic mass is 10.2. The molecule has 4 rings (SSSR count). The lowest BCUT2D eigenvalue weighted by Crippen LogP contribution is -2.27. The summed E-state index contributed by atoms with van der Waals surface area (Å²) in [5.41, 5.74) is 0.896. The van der Waals surface area contributed by atoms with Gasteiger partial charge in [0.05, 0.1) is 0 Å². The monoisotopic (exact) mass is 419 g/mol. The first-order valence-corrected chi connectivity index (χ1v) is 10.5. The van der Waals surface area contributed by atoms with Crippen molar-refractivity contribution >= 4 is 15.9 Å². The zero-order valence-electron chi connectivity index (χ0n) is 15.3. The van der Waals surface area contributed by atoms with E-state index in [4.69, 9.17) is 4.42 Å². The van der Waals surface area contributed by atoms with E-state index in [1.165, 1.54) is 36.5 Å². The van der Waals surface area contributed by atoms with Crippen molar-refractivity contribution in [2.24, 2.45) is 0 Å². The topological polar surface area (TPSA) is 121 Å². The number of rotatable bonds is 6. The van der Waals surface area contributed by atoms with Gasteiger partial charge in [-0.2, -0.15) is 0 Å². The van der Waals surface area contributed by atoms with Gasteiger partial charge >= 0.3 is 11.8 Å². The minimum absolute atomic E-state index is 0.0121. The molecule has 1 fully saturated rings. The molecule has 0 atom stereocenters. The van der Waals surface area contributed by atoms with Gasteiger partial charge in [0, 0.05) is 25.8 Å². The molecule has 11 heteroatoms. The molecular formula is C18H18FN5O4S. The van der Waals surface area contributed by atoms with Gasteiger partial charge in [0.1, 0.15) is 16.4 Å². The van der Waals surface area contributed by atoms with Crippen molar-refractivity contribution in [1.82, 2.24) is 24.8 Å². The Bertz CT molecular complexity index is 1120. The fourth-order valence-corrected chi connectivity index (χ4v) is 4.00. The Morgan fingerprint density at radius 1 is 1.21 bits per heavy atom. The van der Waals surface area contributed by atoms with Crippen LogP contribution in [-0.2, 0) is 16.6 Å². The van der Waals surface area contributed by atoms with Crippen molar-refractivity contribution in [2.75, 3.05) is 13.1 Å². The van der Waals surface area contributed by atoms with Crippen LogP contribution in [0.4, 0.5) is 4.39 Å².